The van der Waals surface area contributed by atoms with Crippen LogP contribution in [-0.4, -0.2) is 31.2 Å². The molecule has 0 aromatic heterocycles. The van der Waals surface area contributed by atoms with Gasteiger partial charge in [0.2, 0.25) is 5.91 Å². The zero-order valence-electron chi connectivity index (χ0n) is 13.9. The van der Waals surface area contributed by atoms with E-state index < -0.39 is 5.41 Å². The van der Waals surface area contributed by atoms with Gasteiger partial charge in [-0.2, -0.15) is 10.2 Å². The topological polar surface area (TPSA) is 65.8 Å². The van der Waals surface area contributed by atoms with Gasteiger partial charge in [0.1, 0.15) is 0 Å². The van der Waals surface area contributed by atoms with Gasteiger partial charge in [-0.25, -0.2) is 0 Å². The predicted octanol–water partition coefficient (Wildman–Crippen LogP) is 2.39. The van der Waals surface area contributed by atoms with E-state index in [1.807, 2.05) is 18.2 Å². The molecular weight excluding hydrogens is 300 g/mol. The fourth-order valence-electron chi connectivity index (χ4n) is 3.47. The average molecular weight is 324 g/mol. The Morgan fingerprint density at radius 3 is 2.54 bits per heavy atom. The maximum Gasteiger partial charge on any atom is 0.230 e. The lowest BCUT2D eigenvalue weighted by molar-refractivity contribution is -0.127. The number of carbonyl (C=O) groups excluding carboxylic acids is 1. The van der Waals surface area contributed by atoms with E-state index >= 15 is 0 Å². The summed E-state index contributed by atoms with van der Waals surface area (Å²) in [5.41, 5.74) is 0.330. The third-order valence-electron chi connectivity index (χ3n) is 5.08. The number of benzene rings is 1. The molecule has 1 aromatic carbocycles. The molecule has 1 fully saturated rings. The lowest BCUT2D eigenvalue weighted by Crippen LogP contribution is -2.51. The smallest absolute Gasteiger partial charge is 0.230 e. The van der Waals surface area contributed by atoms with Crippen molar-refractivity contribution in [2.45, 2.75) is 43.2 Å². The van der Waals surface area contributed by atoms with Crippen LogP contribution in [0.3, 0.4) is 0 Å². The van der Waals surface area contributed by atoms with Gasteiger partial charge < -0.3 is 10.6 Å². The first kappa shape index (κ1) is 16.7. The van der Waals surface area contributed by atoms with E-state index in [2.05, 4.69) is 38.9 Å². The molecule has 126 valence electrons. The molecule has 1 saturated heterocycles. The number of hydrogen-bond acceptors (Lipinski definition) is 4. The summed E-state index contributed by atoms with van der Waals surface area (Å²) in [6, 6.07) is 10.1. The Balaban J connectivity index is 1.62. The maximum absolute atomic E-state index is 13.0. The number of rotatable bonds is 7. The molecule has 0 bridgehead atoms. The van der Waals surface area contributed by atoms with Crippen LogP contribution in [0.5, 0.6) is 0 Å². The lowest BCUT2D eigenvalue weighted by Gasteiger charge is -2.36. The molecule has 24 heavy (non-hydrogen) atoms. The summed E-state index contributed by atoms with van der Waals surface area (Å²) in [4.78, 5) is 13.0. The first-order valence-electron chi connectivity index (χ1n) is 8.63. The Morgan fingerprint density at radius 2 is 1.92 bits per heavy atom. The summed E-state index contributed by atoms with van der Waals surface area (Å²) in [6.45, 7) is 2.30. The highest BCUT2D eigenvalue weighted by molar-refractivity contribution is 5.88. The van der Waals surface area contributed by atoms with Crippen molar-refractivity contribution in [1.82, 2.24) is 10.6 Å². The summed E-state index contributed by atoms with van der Waals surface area (Å²) in [6.07, 6.45) is 9.11. The molecule has 2 aliphatic heterocycles. The number of hydrogen-bond donors (Lipinski definition) is 2. The Kier molecular flexibility index (Phi) is 4.96. The first-order valence-corrected chi connectivity index (χ1v) is 8.63. The largest absolute Gasteiger partial charge is 0.355 e. The van der Waals surface area contributed by atoms with Gasteiger partial charge in [-0.05, 0) is 31.5 Å². The predicted molar refractivity (Wildman–Crippen MR) is 93.5 cm³/mol. The molecule has 0 radical (unpaired) electrons. The second kappa shape index (κ2) is 7.14. The van der Waals surface area contributed by atoms with E-state index in [4.69, 9.17) is 6.42 Å². The highest BCUT2D eigenvalue weighted by Gasteiger charge is 2.42. The molecule has 5 nitrogen and oxygen atoms in total. The number of nitrogens with zero attached hydrogens (tertiary/aromatic N) is 2. The van der Waals surface area contributed by atoms with Crippen molar-refractivity contribution in [2.24, 2.45) is 10.2 Å². The average Bonchev–Trinajstić information content (AvgIpc) is 3.41. The summed E-state index contributed by atoms with van der Waals surface area (Å²) in [7, 11) is 0. The normalized spacial score (nSPS) is 20.1. The minimum absolute atomic E-state index is 0.114. The van der Waals surface area contributed by atoms with Gasteiger partial charge >= 0.3 is 0 Å². The molecule has 0 aliphatic carbocycles. The fourth-order valence-corrected chi connectivity index (χ4v) is 3.47. The highest BCUT2D eigenvalue weighted by Crippen LogP contribution is 2.37. The minimum Gasteiger partial charge on any atom is -0.355 e. The number of amides is 1. The number of piperidine rings is 1. The van der Waals surface area contributed by atoms with Crippen molar-refractivity contribution in [3.05, 3.63) is 35.9 Å². The minimum atomic E-state index is -0.434. The van der Waals surface area contributed by atoms with E-state index in [0.717, 1.165) is 44.3 Å². The zero-order valence-corrected chi connectivity index (χ0v) is 13.9. The van der Waals surface area contributed by atoms with Crippen molar-refractivity contribution in [2.75, 3.05) is 19.6 Å². The molecule has 5 heteroatoms. The maximum atomic E-state index is 13.0. The summed E-state index contributed by atoms with van der Waals surface area (Å²) in [5, 5.41) is 14.7. The van der Waals surface area contributed by atoms with Gasteiger partial charge in [0.05, 0.1) is 5.41 Å². The second-order valence-electron chi connectivity index (χ2n) is 6.59. The van der Waals surface area contributed by atoms with Crippen LogP contribution in [0.2, 0.25) is 0 Å². The lowest BCUT2D eigenvalue weighted by atomic mass is 9.72. The van der Waals surface area contributed by atoms with Crippen LogP contribution < -0.4 is 10.6 Å². The second-order valence-corrected chi connectivity index (χ2v) is 6.59. The van der Waals surface area contributed by atoms with Crippen LogP contribution in [0.4, 0.5) is 0 Å². The van der Waals surface area contributed by atoms with E-state index in [0.29, 0.717) is 13.0 Å². The molecular formula is C19H24N4O. The van der Waals surface area contributed by atoms with E-state index in [9.17, 15) is 4.79 Å². The van der Waals surface area contributed by atoms with Gasteiger partial charge in [-0.3, -0.25) is 4.79 Å². The summed E-state index contributed by atoms with van der Waals surface area (Å²) in [5.74, 6) is 2.74. The fraction of sp³-hybridized carbons (Fsp3) is 0.526. The third-order valence-corrected chi connectivity index (χ3v) is 5.08. The molecule has 1 amide bonds. The number of carbonyl (C=O) groups is 1. The van der Waals surface area contributed by atoms with Gasteiger partial charge in [0, 0.05) is 25.8 Å². The van der Waals surface area contributed by atoms with Crippen molar-refractivity contribution in [3.63, 3.8) is 0 Å². The summed E-state index contributed by atoms with van der Waals surface area (Å²) >= 11 is 0. The van der Waals surface area contributed by atoms with Crippen LogP contribution in [0.15, 0.2) is 40.6 Å². The molecule has 0 spiro atoms. The molecule has 2 N–H and O–H groups in total. The molecule has 0 atom stereocenters. The van der Waals surface area contributed by atoms with Crippen molar-refractivity contribution in [3.8, 4) is 12.3 Å². The van der Waals surface area contributed by atoms with E-state index in [1.165, 1.54) is 0 Å². The van der Waals surface area contributed by atoms with Gasteiger partial charge in [0.15, 0.2) is 5.66 Å². The van der Waals surface area contributed by atoms with Crippen LogP contribution in [0, 0.1) is 12.3 Å². The molecule has 0 unspecified atom stereocenters. The van der Waals surface area contributed by atoms with E-state index in [1.54, 1.807) is 0 Å². The SMILES string of the molecule is C#CCCC1(CCNC(=O)C2(c3ccccc3)CCNCC2)N=N1. The monoisotopic (exact) mass is 324 g/mol. The Labute approximate surface area is 143 Å². The van der Waals surface area contributed by atoms with Crippen molar-refractivity contribution in [1.29, 1.82) is 0 Å². The standard InChI is InChI=1S/C19H24N4O/c1-2-3-9-19(22-23-19)12-15-21-17(24)18(10-13-20-14-11-18)16-7-5-4-6-8-16/h1,4-8,20H,3,9-15H2,(H,21,24). The van der Waals surface area contributed by atoms with Crippen molar-refractivity contribution >= 4 is 5.91 Å². The quantitative estimate of drug-likeness (QED) is 0.756. The van der Waals surface area contributed by atoms with Gasteiger partial charge in [0.25, 0.3) is 0 Å². The van der Waals surface area contributed by atoms with Crippen LogP contribution in [0.1, 0.15) is 37.7 Å². The molecule has 2 aliphatic rings. The Hall–Kier alpha value is -2.19. The molecule has 3 rings (SSSR count). The summed E-state index contributed by atoms with van der Waals surface area (Å²) < 4.78 is 0. The third kappa shape index (κ3) is 3.49. The van der Waals surface area contributed by atoms with Crippen molar-refractivity contribution < 1.29 is 4.79 Å². The molecule has 0 saturated carbocycles. The molecule has 2 heterocycles. The van der Waals surface area contributed by atoms with E-state index in [-0.39, 0.29) is 11.6 Å². The Bertz CT molecular complexity index is 635. The number of terminal acetylenes is 1. The highest BCUT2D eigenvalue weighted by atomic mass is 16.2. The van der Waals surface area contributed by atoms with Gasteiger partial charge in [-0.1, -0.05) is 30.3 Å². The van der Waals surface area contributed by atoms with Gasteiger partial charge in [-0.15, -0.1) is 12.3 Å². The molecule has 1 aromatic rings. The number of nitrogens with one attached hydrogen (secondary N) is 2. The Morgan fingerprint density at radius 1 is 1.21 bits per heavy atom. The van der Waals surface area contributed by atoms with Crippen LogP contribution in [0.25, 0.3) is 0 Å². The first-order chi connectivity index (χ1) is 11.7. The van der Waals surface area contributed by atoms with Crippen LogP contribution >= 0.6 is 0 Å². The van der Waals surface area contributed by atoms with Crippen LogP contribution in [-0.2, 0) is 10.2 Å². The zero-order chi connectivity index (χ0) is 16.9.